The maximum atomic E-state index is 12.5. The van der Waals surface area contributed by atoms with Crippen molar-refractivity contribution in [1.29, 1.82) is 0 Å². The number of aryl methyl sites for hydroxylation is 1. The van der Waals surface area contributed by atoms with Crippen LogP contribution in [0.1, 0.15) is 32.1 Å². The first-order valence-electron chi connectivity index (χ1n) is 8.48. The molecule has 1 aromatic heterocycles. The van der Waals surface area contributed by atoms with E-state index in [1.807, 2.05) is 18.4 Å². The van der Waals surface area contributed by atoms with Gasteiger partial charge in [-0.3, -0.25) is 14.9 Å². The molecule has 28 heavy (non-hydrogen) atoms. The van der Waals surface area contributed by atoms with Crippen LogP contribution in [0.15, 0.2) is 24.3 Å². The van der Waals surface area contributed by atoms with E-state index in [-0.39, 0.29) is 22.8 Å². The molecule has 0 spiro atoms. The van der Waals surface area contributed by atoms with Gasteiger partial charge in [0.2, 0.25) is 5.78 Å². The van der Waals surface area contributed by atoms with Crippen LogP contribution in [0.25, 0.3) is 0 Å². The van der Waals surface area contributed by atoms with Gasteiger partial charge in [0, 0.05) is 36.7 Å². The van der Waals surface area contributed by atoms with Crippen molar-refractivity contribution in [2.45, 2.75) is 20.4 Å². The lowest BCUT2D eigenvalue weighted by molar-refractivity contribution is -0.385. The lowest BCUT2D eigenvalue weighted by atomic mass is 10.1. The van der Waals surface area contributed by atoms with Crippen LogP contribution in [0.4, 0.5) is 5.69 Å². The summed E-state index contributed by atoms with van der Waals surface area (Å²) < 4.78 is 17.0. The molecule has 0 aliphatic heterocycles. The SMILES string of the molecule is COCCn1c(C)cc(C(=O)COC(=O)c2ccc(OC)c([N+](=O)[O-])c2)c1C. The van der Waals surface area contributed by atoms with Crippen molar-refractivity contribution in [3.63, 3.8) is 0 Å². The summed E-state index contributed by atoms with van der Waals surface area (Å²) >= 11 is 0. The number of ether oxygens (including phenoxy) is 3. The van der Waals surface area contributed by atoms with Gasteiger partial charge in [0.25, 0.3) is 0 Å². The van der Waals surface area contributed by atoms with Gasteiger partial charge in [0.05, 0.1) is 24.2 Å². The highest BCUT2D eigenvalue weighted by Crippen LogP contribution is 2.27. The van der Waals surface area contributed by atoms with Gasteiger partial charge in [-0.05, 0) is 32.0 Å². The molecule has 1 heterocycles. The molecule has 0 saturated heterocycles. The summed E-state index contributed by atoms with van der Waals surface area (Å²) in [6.07, 6.45) is 0. The summed E-state index contributed by atoms with van der Waals surface area (Å²) in [4.78, 5) is 35.1. The maximum Gasteiger partial charge on any atom is 0.338 e. The van der Waals surface area contributed by atoms with E-state index in [1.54, 1.807) is 13.2 Å². The largest absolute Gasteiger partial charge is 0.490 e. The van der Waals surface area contributed by atoms with E-state index >= 15 is 0 Å². The number of nitro groups is 1. The van der Waals surface area contributed by atoms with E-state index in [0.29, 0.717) is 18.7 Å². The van der Waals surface area contributed by atoms with Gasteiger partial charge in [-0.2, -0.15) is 0 Å². The first-order chi connectivity index (χ1) is 13.3. The minimum Gasteiger partial charge on any atom is -0.490 e. The highest BCUT2D eigenvalue weighted by Gasteiger charge is 2.21. The third-order valence-electron chi connectivity index (χ3n) is 4.34. The van der Waals surface area contributed by atoms with Crippen LogP contribution >= 0.6 is 0 Å². The molecule has 9 heteroatoms. The van der Waals surface area contributed by atoms with Crippen molar-refractivity contribution in [3.8, 4) is 5.75 Å². The van der Waals surface area contributed by atoms with Crippen LogP contribution in [0.3, 0.4) is 0 Å². The molecule has 0 amide bonds. The second-order valence-corrected chi connectivity index (χ2v) is 6.07. The number of nitrogens with zero attached hydrogens (tertiary/aromatic N) is 2. The molecule has 1 aromatic carbocycles. The van der Waals surface area contributed by atoms with Crippen LogP contribution in [0.5, 0.6) is 5.75 Å². The second-order valence-electron chi connectivity index (χ2n) is 6.07. The number of Topliss-reactive ketones (excluding diaryl/α,β-unsaturated/α-hetero) is 1. The average molecular weight is 390 g/mol. The molecule has 0 unspecified atom stereocenters. The van der Waals surface area contributed by atoms with Crippen LogP contribution in [0, 0.1) is 24.0 Å². The zero-order valence-corrected chi connectivity index (χ0v) is 16.2. The number of aromatic nitrogens is 1. The fourth-order valence-electron chi connectivity index (χ4n) is 2.86. The predicted molar refractivity (Wildman–Crippen MR) is 100 cm³/mol. The van der Waals surface area contributed by atoms with E-state index in [0.717, 1.165) is 17.5 Å². The number of benzene rings is 1. The lowest BCUT2D eigenvalue weighted by Crippen LogP contribution is -2.15. The van der Waals surface area contributed by atoms with E-state index < -0.39 is 17.5 Å². The Labute approximate surface area is 162 Å². The lowest BCUT2D eigenvalue weighted by Gasteiger charge is -2.09. The molecular weight excluding hydrogens is 368 g/mol. The van der Waals surface area contributed by atoms with E-state index in [4.69, 9.17) is 14.2 Å². The first kappa shape index (κ1) is 21.1. The van der Waals surface area contributed by atoms with Crippen molar-refractivity contribution in [2.24, 2.45) is 0 Å². The smallest absolute Gasteiger partial charge is 0.338 e. The first-order valence-corrected chi connectivity index (χ1v) is 8.48. The van der Waals surface area contributed by atoms with Gasteiger partial charge < -0.3 is 18.8 Å². The highest BCUT2D eigenvalue weighted by atomic mass is 16.6. The summed E-state index contributed by atoms with van der Waals surface area (Å²) in [5.41, 5.74) is 1.73. The maximum absolute atomic E-state index is 12.5. The summed E-state index contributed by atoms with van der Waals surface area (Å²) in [5, 5.41) is 11.1. The monoisotopic (exact) mass is 390 g/mol. The Morgan fingerprint density at radius 3 is 2.50 bits per heavy atom. The van der Waals surface area contributed by atoms with Crippen molar-refractivity contribution in [2.75, 3.05) is 27.4 Å². The van der Waals surface area contributed by atoms with Gasteiger partial charge in [0.1, 0.15) is 0 Å². The number of hydrogen-bond acceptors (Lipinski definition) is 7. The van der Waals surface area contributed by atoms with E-state index in [1.165, 1.54) is 19.2 Å². The summed E-state index contributed by atoms with van der Waals surface area (Å²) in [5.74, 6) is -1.15. The van der Waals surface area contributed by atoms with Crippen molar-refractivity contribution < 1.29 is 28.7 Å². The number of rotatable bonds is 9. The molecule has 0 N–H and O–H groups in total. The quantitative estimate of drug-likeness (QED) is 0.280. The number of esters is 1. The Hall–Kier alpha value is -3.20. The molecule has 2 aromatic rings. The van der Waals surface area contributed by atoms with Gasteiger partial charge >= 0.3 is 11.7 Å². The van der Waals surface area contributed by atoms with Gasteiger partial charge in [-0.1, -0.05) is 0 Å². The number of hydrogen-bond donors (Lipinski definition) is 0. The van der Waals surface area contributed by atoms with Crippen LogP contribution < -0.4 is 4.74 Å². The molecule has 9 nitrogen and oxygen atoms in total. The van der Waals surface area contributed by atoms with Crippen LogP contribution in [-0.2, 0) is 16.0 Å². The Balaban J connectivity index is 2.10. The number of carbonyl (C=O) groups is 2. The number of nitro benzene ring substituents is 1. The number of ketones is 1. The summed E-state index contributed by atoms with van der Waals surface area (Å²) in [6, 6.07) is 5.44. The average Bonchev–Trinajstić information content (AvgIpc) is 2.97. The van der Waals surface area contributed by atoms with Crippen molar-refractivity contribution >= 4 is 17.4 Å². The Kier molecular flexibility index (Phi) is 6.89. The fourth-order valence-corrected chi connectivity index (χ4v) is 2.86. The molecule has 2 rings (SSSR count). The Morgan fingerprint density at radius 2 is 1.89 bits per heavy atom. The molecule has 150 valence electrons. The molecule has 0 saturated carbocycles. The van der Waals surface area contributed by atoms with Crippen LogP contribution in [0.2, 0.25) is 0 Å². The minimum atomic E-state index is -0.827. The van der Waals surface area contributed by atoms with Crippen molar-refractivity contribution in [3.05, 3.63) is 56.9 Å². The van der Waals surface area contributed by atoms with E-state index in [9.17, 15) is 19.7 Å². The predicted octanol–water partition coefficient (Wildman–Crippen LogP) is 2.71. The third-order valence-corrected chi connectivity index (χ3v) is 4.34. The number of carbonyl (C=O) groups excluding carboxylic acids is 2. The zero-order chi connectivity index (χ0) is 20.8. The Morgan fingerprint density at radius 1 is 1.18 bits per heavy atom. The van der Waals surface area contributed by atoms with E-state index in [2.05, 4.69) is 0 Å². The highest BCUT2D eigenvalue weighted by molar-refractivity contribution is 6.00. The molecule has 0 atom stereocenters. The third kappa shape index (κ3) is 4.55. The van der Waals surface area contributed by atoms with Gasteiger partial charge in [0.15, 0.2) is 12.4 Å². The van der Waals surface area contributed by atoms with Gasteiger partial charge in [-0.15, -0.1) is 0 Å². The molecule has 0 bridgehead atoms. The topological polar surface area (TPSA) is 110 Å². The minimum absolute atomic E-state index is 0.0288. The second kappa shape index (κ2) is 9.14. The van der Waals surface area contributed by atoms with Crippen molar-refractivity contribution in [1.82, 2.24) is 4.57 Å². The fraction of sp³-hybridized carbons (Fsp3) is 0.368. The molecule has 0 aliphatic carbocycles. The standard InChI is InChI=1S/C19H22N2O7/c1-12-9-15(13(2)20(12)7-8-26-3)17(22)11-28-19(23)14-5-6-18(27-4)16(10-14)21(24)25/h5-6,9-10H,7-8,11H2,1-4H3. The molecular formula is C19H22N2O7. The molecule has 0 aliphatic rings. The summed E-state index contributed by atoms with van der Waals surface area (Å²) in [7, 11) is 2.89. The zero-order valence-electron chi connectivity index (χ0n) is 16.2. The van der Waals surface area contributed by atoms with Gasteiger partial charge in [-0.25, -0.2) is 4.79 Å². The Bertz CT molecular complexity index is 902. The molecule has 0 radical (unpaired) electrons. The molecule has 0 fully saturated rings. The summed E-state index contributed by atoms with van der Waals surface area (Å²) in [6.45, 7) is 4.34. The number of methoxy groups -OCH3 is 2. The van der Waals surface area contributed by atoms with Crippen LogP contribution in [-0.4, -0.2) is 48.7 Å². The normalized spacial score (nSPS) is 10.6.